The summed E-state index contributed by atoms with van der Waals surface area (Å²) in [5.74, 6) is 0.704. The van der Waals surface area contributed by atoms with Crippen LogP contribution in [0.2, 0.25) is 0 Å². The molecule has 0 aromatic carbocycles. The summed E-state index contributed by atoms with van der Waals surface area (Å²) in [7, 11) is 0. The molecule has 1 aliphatic rings. The number of rotatable bonds is 4. The fraction of sp³-hybridized carbons (Fsp3) is 0.889. The maximum atomic E-state index is 10.0. The highest BCUT2D eigenvalue weighted by Crippen LogP contribution is 2.24. The van der Waals surface area contributed by atoms with Crippen molar-refractivity contribution in [2.45, 2.75) is 38.7 Å². The van der Waals surface area contributed by atoms with Crippen molar-refractivity contribution in [2.75, 3.05) is 6.61 Å². The third kappa shape index (κ3) is 2.62. The molecule has 0 spiro atoms. The Morgan fingerprint density at radius 2 is 2.45 bits per heavy atom. The predicted molar refractivity (Wildman–Crippen MR) is 43.4 cm³/mol. The molecule has 1 aliphatic heterocycles. The molecular weight excluding hydrogens is 140 g/mol. The molecule has 64 valence electrons. The van der Waals surface area contributed by atoms with Gasteiger partial charge in [-0.1, -0.05) is 0 Å². The summed E-state index contributed by atoms with van der Waals surface area (Å²) >= 11 is 0. The lowest BCUT2D eigenvalue weighted by atomic mass is 9.96. The largest absolute Gasteiger partial charge is 0.378 e. The highest BCUT2D eigenvalue weighted by molar-refractivity contribution is 5.48. The molecule has 0 N–H and O–H groups in total. The van der Waals surface area contributed by atoms with E-state index in [4.69, 9.17) is 4.74 Å². The molecule has 1 fully saturated rings. The van der Waals surface area contributed by atoms with E-state index in [0.29, 0.717) is 18.4 Å². The van der Waals surface area contributed by atoms with Crippen LogP contribution >= 0.6 is 0 Å². The molecule has 2 atom stereocenters. The molecule has 0 radical (unpaired) electrons. The van der Waals surface area contributed by atoms with Gasteiger partial charge in [0.15, 0.2) is 0 Å². The van der Waals surface area contributed by atoms with Crippen molar-refractivity contribution in [3.63, 3.8) is 0 Å². The number of carbonyl (C=O) groups excluding carboxylic acids is 1. The summed E-state index contributed by atoms with van der Waals surface area (Å²) in [6, 6.07) is 0. The number of hydrogen-bond acceptors (Lipinski definition) is 2. The third-order valence-corrected chi connectivity index (χ3v) is 2.43. The number of unbranched alkanes of at least 4 members (excludes halogenated alkanes) is 1. The average molecular weight is 156 g/mol. The zero-order valence-corrected chi connectivity index (χ0v) is 7.08. The normalized spacial score (nSPS) is 30.6. The molecule has 0 amide bonds. The van der Waals surface area contributed by atoms with Crippen LogP contribution < -0.4 is 0 Å². The Morgan fingerprint density at radius 1 is 1.64 bits per heavy atom. The second-order valence-corrected chi connectivity index (χ2v) is 3.22. The van der Waals surface area contributed by atoms with Gasteiger partial charge in [-0.05, 0) is 32.1 Å². The Hall–Kier alpha value is -0.370. The highest BCUT2D eigenvalue weighted by Gasteiger charge is 2.22. The van der Waals surface area contributed by atoms with Crippen molar-refractivity contribution < 1.29 is 9.53 Å². The van der Waals surface area contributed by atoms with E-state index in [-0.39, 0.29) is 0 Å². The van der Waals surface area contributed by atoms with E-state index < -0.39 is 0 Å². The first kappa shape index (κ1) is 8.72. The van der Waals surface area contributed by atoms with Gasteiger partial charge in [-0.2, -0.15) is 0 Å². The molecule has 0 bridgehead atoms. The second-order valence-electron chi connectivity index (χ2n) is 3.22. The Morgan fingerprint density at radius 3 is 3.00 bits per heavy atom. The minimum absolute atomic E-state index is 0.418. The molecule has 1 rings (SSSR count). The van der Waals surface area contributed by atoms with Gasteiger partial charge >= 0.3 is 0 Å². The molecule has 2 unspecified atom stereocenters. The van der Waals surface area contributed by atoms with Crippen molar-refractivity contribution in [3.8, 4) is 0 Å². The molecule has 2 heteroatoms. The van der Waals surface area contributed by atoms with E-state index in [1.54, 1.807) is 0 Å². The van der Waals surface area contributed by atoms with Crippen LogP contribution in [0.25, 0.3) is 0 Å². The van der Waals surface area contributed by atoms with Crippen LogP contribution in [0.1, 0.15) is 32.6 Å². The van der Waals surface area contributed by atoms with E-state index in [1.165, 1.54) is 6.42 Å². The molecule has 0 aromatic heterocycles. The maximum absolute atomic E-state index is 10.0. The summed E-state index contributed by atoms with van der Waals surface area (Å²) in [6.07, 6.45) is 5.49. The molecular formula is C9H16O2. The van der Waals surface area contributed by atoms with Crippen LogP contribution in [0.15, 0.2) is 0 Å². The zero-order valence-electron chi connectivity index (χ0n) is 7.08. The van der Waals surface area contributed by atoms with Crippen molar-refractivity contribution in [3.05, 3.63) is 0 Å². The minimum atomic E-state index is 0.418. The predicted octanol–water partition coefficient (Wildman–Crippen LogP) is 1.78. The lowest BCUT2D eigenvalue weighted by Crippen LogP contribution is -2.10. The Kier molecular flexibility index (Phi) is 3.57. The Labute approximate surface area is 67.9 Å². The lowest BCUT2D eigenvalue weighted by Gasteiger charge is -2.11. The van der Waals surface area contributed by atoms with Crippen LogP contribution in [0.4, 0.5) is 0 Å². The molecule has 1 heterocycles. The monoisotopic (exact) mass is 156 g/mol. The SMILES string of the molecule is CC1OCCC1CCCC=O. The smallest absolute Gasteiger partial charge is 0.119 e. The number of hydrogen-bond donors (Lipinski definition) is 0. The summed E-state index contributed by atoms with van der Waals surface area (Å²) in [5, 5.41) is 0. The lowest BCUT2D eigenvalue weighted by molar-refractivity contribution is -0.108. The Bertz CT molecular complexity index is 123. The standard InChI is InChI=1S/C9H16O2/c1-8-9(5-7-11-8)4-2-3-6-10/h6,8-9H,2-5,7H2,1H3. The van der Waals surface area contributed by atoms with E-state index in [0.717, 1.165) is 25.7 Å². The van der Waals surface area contributed by atoms with Crippen molar-refractivity contribution in [1.82, 2.24) is 0 Å². The fourth-order valence-electron chi connectivity index (χ4n) is 1.62. The summed E-state index contributed by atoms with van der Waals surface area (Å²) in [5.41, 5.74) is 0. The molecule has 0 aliphatic carbocycles. The fourth-order valence-corrected chi connectivity index (χ4v) is 1.62. The topological polar surface area (TPSA) is 26.3 Å². The van der Waals surface area contributed by atoms with Gasteiger partial charge in [0, 0.05) is 13.0 Å². The zero-order chi connectivity index (χ0) is 8.10. The molecule has 0 aromatic rings. The van der Waals surface area contributed by atoms with Gasteiger partial charge in [-0.15, -0.1) is 0 Å². The third-order valence-electron chi connectivity index (χ3n) is 2.43. The van der Waals surface area contributed by atoms with Gasteiger partial charge in [0.25, 0.3) is 0 Å². The summed E-state index contributed by atoms with van der Waals surface area (Å²) in [6.45, 7) is 3.03. The van der Waals surface area contributed by atoms with Crippen LogP contribution in [-0.2, 0) is 9.53 Å². The first-order chi connectivity index (χ1) is 5.34. The van der Waals surface area contributed by atoms with Crippen LogP contribution in [-0.4, -0.2) is 19.0 Å². The summed E-state index contributed by atoms with van der Waals surface area (Å²) < 4.78 is 5.41. The van der Waals surface area contributed by atoms with E-state index in [1.807, 2.05) is 0 Å². The van der Waals surface area contributed by atoms with Crippen LogP contribution in [0.3, 0.4) is 0 Å². The Balaban J connectivity index is 2.10. The molecule has 2 nitrogen and oxygen atoms in total. The highest BCUT2D eigenvalue weighted by atomic mass is 16.5. The molecule has 11 heavy (non-hydrogen) atoms. The van der Waals surface area contributed by atoms with Crippen LogP contribution in [0.5, 0.6) is 0 Å². The van der Waals surface area contributed by atoms with Gasteiger partial charge in [0.1, 0.15) is 6.29 Å². The molecule has 1 saturated heterocycles. The maximum Gasteiger partial charge on any atom is 0.119 e. The van der Waals surface area contributed by atoms with E-state index >= 15 is 0 Å². The number of ether oxygens (including phenoxy) is 1. The van der Waals surface area contributed by atoms with Gasteiger partial charge in [0.2, 0.25) is 0 Å². The second kappa shape index (κ2) is 4.50. The van der Waals surface area contributed by atoms with Crippen LogP contribution in [0, 0.1) is 5.92 Å². The van der Waals surface area contributed by atoms with Gasteiger partial charge in [0.05, 0.1) is 6.10 Å². The quantitative estimate of drug-likeness (QED) is 0.458. The summed E-state index contributed by atoms with van der Waals surface area (Å²) in [4.78, 5) is 10.0. The molecule has 0 saturated carbocycles. The first-order valence-corrected chi connectivity index (χ1v) is 4.40. The average Bonchev–Trinajstić information content (AvgIpc) is 2.37. The van der Waals surface area contributed by atoms with Crippen molar-refractivity contribution >= 4 is 6.29 Å². The van der Waals surface area contributed by atoms with Gasteiger partial charge in [-0.25, -0.2) is 0 Å². The van der Waals surface area contributed by atoms with Crippen molar-refractivity contribution in [1.29, 1.82) is 0 Å². The number of carbonyl (C=O) groups is 1. The first-order valence-electron chi connectivity index (χ1n) is 4.40. The van der Waals surface area contributed by atoms with Gasteiger partial charge in [-0.3, -0.25) is 0 Å². The van der Waals surface area contributed by atoms with E-state index in [9.17, 15) is 4.79 Å². The van der Waals surface area contributed by atoms with Gasteiger partial charge < -0.3 is 9.53 Å². The van der Waals surface area contributed by atoms with Crippen molar-refractivity contribution in [2.24, 2.45) is 5.92 Å². The number of aldehydes is 1. The minimum Gasteiger partial charge on any atom is -0.378 e. The van der Waals surface area contributed by atoms with E-state index in [2.05, 4.69) is 6.92 Å².